The SMILES string of the molecule is COc1c(F)cc(-c2ccc(-c3nc4nc(O[C@@H]5CO[C@H]6[C@@H]5OC[C@H]6O)[nH]c4cc3Cl)cc2)cc1F. The molecule has 2 saturated heterocycles. The van der Waals surface area contributed by atoms with E-state index in [0.29, 0.717) is 38.6 Å². The lowest BCUT2D eigenvalue weighted by molar-refractivity contribution is 0.00706. The van der Waals surface area contributed by atoms with Crippen LogP contribution in [0.25, 0.3) is 33.5 Å². The minimum atomic E-state index is -0.779. The van der Waals surface area contributed by atoms with E-state index in [2.05, 4.69) is 15.0 Å². The van der Waals surface area contributed by atoms with Gasteiger partial charge in [0.2, 0.25) is 0 Å². The van der Waals surface area contributed by atoms with Gasteiger partial charge in [-0.25, -0.2) is 13.8 Å². The molecule has 4 heterocycles. The standard InChI is InChI=1S/C25H20ClF2N3O5/c1-33-21-15(27)6-13(7-16(21)28)11-2-4-12(5-3-11)20-14(26)8-17-24(30-20)31-25(29-17)36-19-10-35-22-18(32)9-34-23(19)22/h2-8,18-19,22-23,32H,9-10H2,1H3,(H,29,30,31)/t18-,19-,22-,23-/m1/s1. The fourth-order valence-electron chi connectivity index (χ4n) is 4.58. The topological polar surface area (TPSA) is 98.7 Å². The largest absolute Gasteiger partial charge is 0.491 e. The zero-order valence-corrected chi connectivity index (χ0v) is 19.6. The Bertz CT molecular complexity index is 1420. The first kappa shape index (κ1) is 23.1. The monoisotopic (exact) mass is 515 g/mol. The van der Waals surface area contributed by atoms with Crippen molar-refractivity contribution in [3.8, 4) is 34.1 Å². The van der Waals surface area contributed by atoms with Crippen molar-refractivity contribution in [2.45, 2.75) is 24.4 Å². The number of benzene rings is 2. The van der Waals surface area contributed by atoms with Gasteiger partial charge in [-0.3, -0.25) is 0 Å². The molecule has 2 N–H and O–H groups in total. The maximum absolute atomic E-state index is 14.1. The summed E-state index contributed by atoms with van der Waals surface area (Å²) in [6.07, 6.45) is -1.86. The van der Waals surface area contributed by atoms with Crippen molar-refractivity contribution in [2.24, 2.45) is 0 Å². The summed E-state index contributed by atoms with van der Waals surface area (Å²) < 4.78 is 50.1. The van der Waals surface area contributed by atoms with Crippen molar-refractivity contribution in [1.29, 1.82) is 0 Å². The smallest absolute Gasteiger partial charge is 0.296 e. The molecule has 0 bridgehead atoms. The summed E-state index contributed by atoms with van der Waals surface area (Å²) >= 11 is 6.51. The van der Waals surface area contributed by atoms with Gasteiger partial charge in [0.15, 0.2) is 29.1 Å². The zero-order chi connectivity index (χ0) is 25.0. The quantitative estimate of drug-likeness (QED) is 0.412. The molecule has 4 aromatic rings. The number of aliphatic hydroxyl groups excluding tert-OH is 1. The number of hydrogen-bond donors (Lipinski definition) is 2. The molecule has 2 aliphatic heterocycles. The molecule has 0 unspecified atom stereocenters. The van der Waals surface area contributed by atoms with Crippen LogP contribution in [0.3, 0.4) is 0 Å². The first-order chi connectivity index (χ1) is 17.4. The minimum absolute atomic E-state index is 0.205. The van der Waals surface area contributed by atoms with Crippen LogP contribution >= 0.6 is 11.6 Å². The summed E-state index contributed by atoms with van der Waals surface area (Å²) in [5.74, 6) is -1.98. The summed E-state index contributed by atoms with van der Waals surface area (Å²) in [7, 11) is 1.21. The number of aromatic nitrogens is 3. The molecular weight excluding hydrogens is 496 g/mol. The summed E-state index contributed by atoms with van der Waals surface area (Å²) in [6.45, 7) is 0.480. The fourth-order valence-corrected chi connectivity index (χ4v) is 4.84. The Kier molecular flexibility index (Phi) is 5.76. The number of methoxy groups -OCH3 is 1. The number of hydrogen-bond acceptors (Lipinski definition) is 7. The lowest BCUT2D eigenvalue weighted by Gasteiger charge is -2.15. The van der Waals surface area contributed by atoms with Crippen molar-refractivity contribution in [1.82, 2.24) is 15.0 Å². The first-order valence-corrected chi connectivity index (χ1v) is 11.6. The molecule has 0 radical (unpaired) electrons. The van der Waals surface area contributed by atoms with Gasteiger partial charge in [0, 0.05) is 5.56 Å². The number of aromatic amines is 1. The second-order valence-corrected chi connectivity index (χ2v) is 9.01. The lowest BCUT2D eigenvalue weighted by Crippen LogP contribution is -2.34. The third-order valence-electron chi connectivity index (χ3n) is 6.34. The third-order valence-corrected chi connectivity index (χ3v) is 6.63. The van der Waals surface area contributed by atoms with E-state index in [-0.39, 0.29) is 25.3 Å². The van der Waals surface area contributed by atoms with Crippen molar-refractivity contribution in [2.75, 3.05) is 20.3 Å². The molecule has 4 atom stereocenters. The number of imidazole rings is 1. The fraction of sp³-hybridized carbons (Fsp3) is 0.280. The van der Waals surface area contributed by atoms with Crippen molar-refractivity contribution >= 4 is 22.8 Å². The molecule has 0 spiro atoms. The van der Waals surface area contributed by atoms with E-state index >= 15 is 0 Å². The Morgan fingerprint density at radius 2 is 1.67 bits per heavy atom. The Balaban J connectivity index is 1.25. The highest BCUT2D eigenvalue weighted by Crippen LogP contribution is 2.34. The molecule has 0 saturated carbocycles. The summed E-state index contributed by atoms with van der Waals surface area (Å²) in [5.41, 5.74) is 3.16. The molecule has 36 heavy (non-hydrogen) atoms. The first-order valence-electron chi connectivity index (χ1n) is 11.2. The lowest BCUT2D eigenvalue weighted by atomic mass is 10.0. The van der Waals surface area contributed by atoms with Crippen LogP contribution in [-0.4, -0.2) is 64.8 Å². The van der Waals surface area contributed by atoms with Gasteiger partial charge >= 0.3 is 0 Å². The number of nitrogens with zero attached hydrogens (tertiary/aromatic N) is 2. The van der Waals surface area contributed by atoms with Crippen LogP contribution in [-0.2, 0) is 9.47 Å². The van der Waals surface area contributed by atoms with Gasteiger partial charge in [-0.05, 0) is 29.3 Å². The average molecular weight is 516 g/mol. The van der Waals surface area contributed by atoms with Crippen molar-refractivity contribution in [3.63, 3.8) is 0 Å². The van der Waals surface area contributed by atoms with E-state index in [4.69, 9.17) is 30.5 Å². The normalized spacial score (nSPS) is 23.2. The molecule has 2 fully saturated rings. The van der Waals surface area contributed by atoms with Gasteiger partial charge in [0.25, 0.3) is 6.01 Å². The van der Waals surface area contributed by atoms with Gasteiger partial charge in [0.05, 0.1) is 36.6 Å². The highest BCUT2D eigenvalue weighted by atomic mass is 35.5. The Morgan fingerprint density at radius 1 is 0.972 bits per heavy atom. The number of H-pyrrole nitrogens is 1. The Labute approximate surface area is 208 Å². The van der Waals surface area contributed by atoms with E-state index < -0.39 is 35.7 Å². The van der Waals surface area contributed by atoms with Gasteiger partial charge < -0.3 is 29.0 Å². The second-order valence-electron chi connectivity index (χ2n) is 8.60. The maximum Gasteiger partial charge on any atom is 0.296 e. The Morgan fingerprint density at radius 3 is 2.39 bits per heavy atom. The number of pyridine rings is 1. The molecule has 6 rings (SSSR count). The number of fused-ring (bicyclic) bond motifs is 2. The predicted molar refractivity (Wildman–Crippen MR) is 126 cm³/mol. The molecule has 186 valence electrons. The third kappa shape index (κ3) is 3.96. The van der Waals surface area contributed by atoms with Crippen LogP contribution in [0.15, 0.2) is 42.5 Å². The molecular formula is C25H20ClF2N3O5. The highest BCUT2D eigenvalue weighted by molar-refractivity contribution is 6.33. The molecule has 2 aromatic heterocycles. The van der Waals surface area contributed by atoms with Crippen LogP contribution in [0.2, 0.25) is 5.02 Å². The molecule has 2 aliphatic rings. The number of aliphatic hydroxyl groups is 1. The van der Waals surface area contributed by atoms with E-state index in [9.17, 15) is 13.9 Å². The molecule has 8 nitrogen and oxygen atoms in total. The van der Waals surface area contributed by atoms with E-state index in [0.717, 1.165) is 0 Å². The number of nitrogens with one attached hydrogen (secondary N) is 1. The van der Waals surface area contributed by atoms with E-state index in [1.54, 1.807) is 30.3 Å². The van der Waals surface area contributed by atoms with Crippen LogP contribution in [0.1, 0.15) is 0 Å². The van der Waals surface area contributed by atoms with Gasteiger partial charge in [-0.15, -0.1) is 0 Å². The highest BCUT2D eigenvalue weighted by Gasteiger charge is 2.48. The molecule has 2 aromatic carbocycles. The van der Waals surface area contributed by atoms with Crippen LogP contribution in [0.5, 0.6) is 11.8 Å². The van der Waals surface area contributed by atoms with Crippen LogP contribution < -0.4 is 9.47 Å². The Hall–Kier alpha value is -3.31. The van der Waals surface area contributed by atoms with E-state index in [1.165, 1.54) is 19.2 Å². The van der Waals surface area contributed by atoms with Gasteiger partial charge in [-0.2, -0.15) is 4.98 Å². The van der Waals surface area contributed by atoms with E-state index in [1.807, 2.05) is 0 Å². The van der Waals surface area contributed by atoms with Gasteiger partial charge in [0.1, 0.15) is 18.3 Å². The van der Waals surface area contributed by atoms with Crippen LogP contribution in [0.4, 0.5) is 8.78 Å². The van der Waals surface area contributed by atoms with Gasteiger partial charge in [-0.1, -0.05) is 35.9 Å². The zero-order valence-electron chi connectivity index (χ0n) is 18.9. The summed E-state index contributed by atoms with van der Waals surface area (Å²) in [5, 5.41) is 10.3. The number of halogens is 3. The molecule has 11 heteroatoms. The minimum Gasteiger partial charge on any atom is -0.491 e. The predicted octanol–water partition coefficient (Wildman–Crippen LogP) is 4.14. The van der Waals surface area contributed by atoms with Crippen LogP contribution in [0, 0.1) is 11.6 Å². The number of rotatable bonds is 5. The second kappa shape index (κ2) is 8.97. The summed E-state index contributed by atoms with van der Waals surface area (Å²) in [4.78, 5) is 12.0. The average Bonchev–Trinajstić information content (AvgIpc) is 3.55. The maximum atomic E-state index is 14.1. The summed E-state index contributed by atoms with van der Waals surface area (Å²) in [6, 6.07) is 11.3. The number of ether oxygens (including phenoxy) is 4. The van der Waals surface area contributed by atoms with Crippen molar-refractivity contribution < 1.29 is 32.8 Å². The van der Waals surface area contributed by atoms with Crippen molar-refractivity contribution in [3.05, 3.63) is 59.1 Å². The molecule has 0 amide bonds. The molecule has 0 aliphatic carbocycles.